The molecular weight excluding hydrogens is 474 g/mol. The van der Waals surface area contributed by atoms with E-state index in [0.29, 0.717) is 44.3 Å². The zero-order chi connectivity index (χ0) is 25.9. The molecule has 13 atom stereocenters. The third-order valence-electron chi connectivity index (χ3n) is 12.0. The average Bonchev–Trinajstić information content (AvgIpc) is 3.33. The number of carbonyl (C=O) groups is 1. The first kappa shape index (κ1) is 24.5. The van der Waals surface area contributed by atoms with Gasteiger partial charge in [0, 0.05) is 60.6 Å². The van der Waals surface area contributed by atoms with Gasteiger partial charge in [0.25, 0.3) is 0 Å². The second-order valence-electron chi connectivity index (χ2n) is 12.8. The van der Waals surface area contributed by atoms with Gasteiger partial charge >= 0.3 is 5.97 Å². The Morgan fingerprint density at radius 1 is 1.19 bits per heavy atom. The fourth-order valence-electron chi connectivity index (χ4n) is 11.1. The molecule has 5 saturated carbocycles. The molecule has 1 unspecified atom stereocenters. The fraction of sp³-hybridized carbons (Fsp3) is 0.759. The highest BCUT2D eigenvalue weighted by molar-refractivity contribution is 5.89. The number of aliphatic hydroxyl groups excluding tert-OH is 3. The van der Waals surface area contributed by atoms with Crippen LogP contribution in [0, 0.1) is 40.4 Å². The molecule has 8 heteroatoms. The number of benzene rings is 1. The number of esters is 1. The first-order valence-corrected chi connectivity index (χ1v) is 14.0. The third kappa shape index (κ3) is 2.72. The molecule has 7 bridgehead atoms. The minimum absolute atomic E-state index is 0.0501. The van der Waals surface area contributed by atoms with Crippen molar-refractivity contribution in [2.24, 2.45) is 40.4 Å². The van der Waals surface area contributed by atoms with Crippen LogP contribution in [-0.2, 0) is 9.47 Å². The van der Waals surface area contributed by atoms with Crippen molar-refractivity contribution in [3.63, 3.8) is 0 Å². The Morgan fingerprint density at radius 3 is 2.62 bits per heavy atom. The Labute approximate surface area is 217 Å². The van der Waals surface area contributed by atoms with Crippen molar-refractivity contribution >= 4 is 5.97 Å². The predicted molar refractivity (Wildman–Crippen MR) is 132 cm³/mol. The van der Waals surface area contributed by atoms with E-state index in [0.717, 1.165) is 0 Å². The molecule has 5 aliphatic carbocycles. The summed E-state index contributed by atoms with van der Waals surface area (Å²) in [6.45, 7) is 3.41. The number of likely N-dealkylation sites (tertiary alicyclic amines) is 1. The molecule has 0 amide bonds. The van der Waals surface area contributed by atoms with Crippen LogP contribution in [0.15, 0.2) is 30.3 Å². The minimum atomic E-state index is -1.31. The van der Waals surface area contributed by atoms with E-state index in [1.54, 1.807) is 31.4 Å². The normalized spacial score (nSPS) is 53.2. The molecule has 6 fully saturated rings. The van der Waals surface area contributed by atoms with E-state index in [2.05, 4.69) is 11.8 Å². The summed E-state index contributed by atoms with van der Waals surface area (Å²) in [6, 6.07) is 8.71. The highest BCUT2D eigenvalue weighted by Gasteiger charge is 2.86. The van der Waals surface area contributed by atoms with Crippen LogP contribution >= 0.6 is 0 Å². The number of fused-ring (bicyclic) bond motifs is 2. The largest absolute Gasteiger partial charge is 0.458 e. The van der Waals surface area contributed by atoms with Crippen LogP contribution in [0.1, 0.15) is 43.0 Å². The highest BCUT2D eigenvalue weighted by atomic mass is 16.6. The monoisotopic (exact) mass is 513 g/mol. The lowest BCUT2D eigenvalue weighted by Gasteiger charge is -2.68. The molecule has 1 aromatic rings. The van der Waals surface area contributed by atoms with Crippen molar-refractivity contribution in [1.82, 2.24) is 4.90 Å². The van der Waals surface area contributed by atoms with Crippen LogP contribution in [0.5, 0.6) is 0 Å². The molecule has 4 N–H and O–H groups in total. The molecule has 0 aromatic heterocycles. The van der Waals surface area contributed by atoms with Crippen LogP contribution in [-0.4, -0.2) is 94.2 Å². The van der Waals surface area contributed by atoms with Crippen molar-refractivity contribution in [3.05, 3.63) is 35.9 Å². The van der Waals surface area contributed by atoms with E-state index in [9.17, 15) is 25.2 Å². The van der Waals surface area contributed by atoms with Crippen molar-refractivity contribution in [2.75, 3.05) is 26.8 Å². The van der Waals surface area contributed by atoms with Crippen molar-refractivity contribution in [3.8, 4) is 0 Å². The Balaban J connectivity index is 1.39. The fourth-order valence-corrected chi connectivity index (χ4v) is 11.1. The maximum atomic E-state index is 13.3. The van der Waals surface area contributed by atoms with Crippen LogP contribution < -0.4 is 0 Å². The summed E-state index contributed by atoms with van der Waals surface area (Å²) in [6.07, 6.45) is -0.164. The van der Waals surface area contributed by atoms with Crippen molar-refractivity contribution in [1.29, 1.82) is 0 Å². The molecule has 1 saturated heterocycles. The zero-order valence-corrected chi connectivity index (χ0v) is 21.6. The molecule has 7 rings (SSSR count). The lowest BCUT2D eigenvalue weighted by atomic mass is 9.43. The molecular formula is C29H39NO7. The number of aliphatic hydroxyl groups is 4. The van der Waals surface area contributed by atoms with Gasteiger partial charge in [-0.05, 0) is 43.9 Å². The summed E-state index contributed by atoms with van der Waals surface area (Å²) in [7, 11) is 1.64. The van der Waals surface area contributed by atoms with Crippen molar-refractivity contribution in [2.45, 2.75) is 68.7 Å². The maximum Gasteiger partial charge on any atom is 0.338 e. The zero-order valence-electron chi connectivity index (χ0n) is 21.6. The first-order valence-electron chi connectivity index (χ1n) is 14.0. The second-order valence-corrected chi connectivity index (χ2v) is 12.8. The van der Waals surface area contributed by atoms with E-state index in [1.807, 2.05) is 6.07 Å². The van der Waals surface area contributed by atoms with Gasteiger partial charge in [0.2, 0.25) is 0 Å². The number of carbonyl (C=O) groups excluding carboxylic acids is 1. The van der Waals surface area contributed by atoms with E-state index < -0.39 is 52.5 Å². The lowest BCUT2D eigenvalue weighted by molar-refractivity contribution is -0.271. The first-order chi connectivity index (χ1) is 17.8. The Morgan fingerprint density at radius 2 is 1.95 bits per heavy atom. The summed E-state index contributed by atoms with van der Waals surface area (Å²) in [5.74, 6) is -1.91. The van der Waals surface area contributed by atoms with Crippen LogP contribution in [0.2, 0.25) is 0 Å². The number of hydrogen-bond acceptors (Lipinski definition) is 8. The summed E-state index contributed by atoms with van der Waals surface area (Å²) in [5.41, 5.74) is -2.05. The summed E-state index contributed by atoms with van der Waals surface area (Å²) >= 11 is 0. The SMILES string of the molecule is CCN1C[C@]2(CO)CC[C@H](O)[C@@]34[C@@H]5C[C@H]6[C@H](OC(=O)c7ccccc7)[C@@H]5[C@](O)(C[C@@H]6OC)C([C@H](O)[C@H]23)[C@@H]14. The standard InChI is InChI=1S/C29H39NO7/c1-3-30-13-27(14-31)10-9-19(32)29-17-11-16-18(36-2)12-28(35,21(25(29)30)22(33)24(27)29)20(17)23(16)37-26(34)15-7-5-4-6-8-15/h4-8,16-25,31-33,35H,3,9-14H2,1-2H3/t16-,17-,18+,19+,20-,21?,22+,23+,24-,25-,27+,28-,29+/m1/s1. The molecule has 1 heterocycles. The number of rotatable bonds is 5. The summed E-state index contributed by atoms with van der Waals surface area (Å²) in [5, 5.41) is 47.5. The third-order valence-corrected chi connectivity index (χ3v) is 12.0. The molecule has 202 valence electrons. The highest BCUT2D eigenvalue weighted by Crippen LogP contribution is 2.78. The van der Waals surface area contributed by atoms with Crippen molar-refractivity contribution < 1.29 is 34.7 Å². The Bertz CT molecular complexity index is 1090. The molecule has 6 aliphatic rings. The number of methoxy groups -OCH3 is 1. The van der Waals surface area contributed by atoms with E-state index in [4.69, 9.17) is 9.47 Å². The topological polar surface area (TPSA) is 120 Å². The average molecular weight is 514 g/mol. The van der Waals surface area contributed by atoms with Gasteiger partial charge in [0.1, 0.15) is 6.10 Å². The minimum Gasteiger partial charge on any atom is -0.458 e. The maximum absolute atomic E-state index is 13.3. The van der Waals surface area contributed by atoms with Crippen LogP contribution in [0.4, 0.5) is 0 Å². The molecule has 37 heavy (non-hydrogen) atoms. The van der Waals surface area contributed by atoms with Crippen LogP contribution in [0.25, 0.3) is 0 Å². The smallest absolute Gasteiger partial charge is 0.338 e. The molecule has 8 nitrogen and oxygen atoms in total. The Kier molecular flexibility index (Phi) is 5.29. The van der Waals surface area contributed by atoms with Gasteiger partial charge in [-0.3, -0.25) is 4.90 Å². The van der Waals surface area contributed by atoms with Crippen LogP contribution in [0.3, 0.4) is 0 Å². The van der Waals surface area contributed by atoms with Gasteiger partial charge in [-0.1, -0.05) is 25.1 Å². The molecule has 0 radical (unpaired) electrons. The van der Waals surface area contributed by atoms with Gasteiger partial charge in [-0.25, -0.2) is 4.79 Å². The van der Waals surface area contributed by atoms with E-state index in [-0.39, 0.29) is 36.5 Å². The van der Waals surface area contributed by atoms with E-state index >= 15 is 0 Å². The number of ether oxygens (including phenoxy) is 2. The lowest BCUT2D eigenvalue weighted by Crippen LogP contribution is -2.76. The quantitative estimate of drug-likeness (QED) is 0.432. The molecule has 1 aromatic carbocycles. The van der Waals surface area contributed by atoms with Gasteiger partial charge in [0.05, 0.1) is 36.1 Å². The van der Waals surface area contributed by atoms with Gasteiger partial charge < -0.3 is 29.9 Å². The summed E-state index contributed by atoms with van der Waals surface area (Å²) in [4.78, 5) is 15.6. The number of nitrogens with zero attached hydrogens (tertiary/aromatic N) is 1. The van der Waals surface area contributed by atoms with E-state index in [1.165, 1.54) is 0 Å². The number of hydrogen-bond donors (Lipinski definition) is 4. The van der Waals surface area contributed by atoms with Gasteiger partial charge in [-0.2, -0.15) is 0 Å². The number of piperidine rings is 1. The Hall–Kier alpha value is -1.55. The summed E-state index contributed by atoms with van der Waals surface area (Å²) < 4.78 is 12.2. The predicted octanol–water partition coefficient (Wildman–Crippen LogP) is 1.06. The molecule has 1 spiro atoms. The van der Waals surface area contributed by atoms with Gasteiger partial charge in [0.15, 0.2) is 0 Å². The van der Waals surface area contributed by atoms with Gasteiger partial charge in [-0.15, -0.1) is 0 Å². The second kappa shape index (κ2) is 7.99. The molecule has 1 aliphatic heterocycles.